The van der Waals surface area contributed by atoms with Gasteiger partial charge in [-0.05, 0) is 91.7 Å². The molecule has 5 nitrogen and oxygen atoms in total. The summed E-state index contributed by atoms with van der Waals surface area (Å²) in [4.78, 5) is 9.64. The van der Waals surface area contributed by atoms with Gasteiger partial charge in [0.2, 0.25) is 0 Å². The van der Waals surface area contributed by atoms with Crippen LogP contribution in [0, 0.1) is 24.2 Å². The summed E-state index contributed by atoms with van der Waals surface area (Å²) in [6.07, 6.45) is 4.24. The number of ether oxygens (including phenoxy) is 1. The summed E-state index contributed by atoms with van der Waals surface area (Å²) >= 11 is 0. The van der Waals surface area contributed by atoms with Gasteiger partial charge in [0.1, 0.15) is 5.82 Å². The van der Waals surface area contributed by atoms with Gasteiger partial charge in [0.25, 0.3) is 0 Å². The Morgan fingerprint density at radius 1 is 0.442 bits per heavy atom. The van der Waals surface area contributed by atoms with E-state index in [-0.39, 0.29) is 53.6 Å². The van der Waals surface area contributed by atoms with Gasteiger partial charge < -0.3 is 19.1 Å². The number of aromatic nitrogens is 2. The van der Waals surface area contributed by atoms with Gasteiger partial charge >= 0.3 is 0 Å². The van der Waals surface area contributed by atoms with Gasteiger partial charge in [0.15, 0.2) is 0 Å². The minimum absolute atomic E-state index is 0. The van der Waals surface area contributed by atoms with Gasteiger partial charge in [0, 0.05) is 77.3 Å². The summed E-state index contributed by atoms with van der Waals surface area (Å²) in [6, 6.07) is 67.2. The zero-order valence-corrected chi connectivity index (χ0v) is 50.1. The number of allylic oxidation sites excluding steroid dienone is 1. The molecule has 0 N–H and O–H groups in total. The summed E-state index contributed by atoms with van der Waals surface area (Å²) in [6.45, 7) is 36.6. The molecule has 0 saturated carbocycles. The Morgan fingerprint density at radius 3 is 1.52 bits per heavy atom. The van der Waals surface area contributed by atoms with Crippen molar-refractivity contribution in [2.45, 2.75) is 131 Å². The molecule has 0 saturated heterocycles. The second kappa shape index (κ2) is 20.3. The average Bonchev–Trinajstić information content (AvgIpc) is 4.07. The molecule has 0 amide bonds. The molecule has 1 aliphatic rings. The predicted octanol–water partition coefficient (Wildman–Crippen LogP) is 18.5. The van der Waals surface area contributed by atoms with Crippen molar-refractivity contribution in [1.82, 2.24) is 9.55 Å². The van der Waals surface area contributed by atoms with Gasteiger partial charge in [0.05, 0.1) is 0 Å². The van der Waals surface area contributed by atoms with Crippen LogP contribution in [0.1, 0.15) is 148 Å². The Hall–Kier alpha value is -6.68. The number of fused-ring (bicyclic) bond motifs is 3. The van der Waals surface area contributed by atoms with E-state index < -0.39 is 0 Å². The second-order valence-corrected chi connectivity index (χ2v) is 25.7. The molecule has 6 heteroatoms. The SMILES string of the molecule is CC(C)(C)C1=CN(c2cc(C(C)(C)c3ccccc3)cc(C(C)(C)c3ccccc3)c2)[CH-]N1c1[c-]c(Oc2[c-]c3c(cc2)c2cc(C(C)(C)c4ccccc4)ccc2n3-c2cc(C(C)(C)C)ccn2)cc(C(C)(C)C)c1.[Pt]. The first kappa shape index (κ1) is 55.1. The average molecular weight is 1200 g/mol. The Kier molecular flexibility index (Phi) is 14.5. The van der Waals surface area contributed by atoms with E-state index in [4.69, 9.17) is 9.72 Å². The molecular formula is C71H75N4OPt-3. The van der Waals surface area contributed by atoms with Crippen LogP contribution in [0.2, 0.25) is 0 Å². The molecule has 0 atom stereocenters. The van der Waals surface area contributed by atoms with Gasteiger partial charge in [-0.25, -0.2) is 4.98 Å². The molecule has 0 radical (unpaired) electrons. The molecule has 0 spiro atoms. The summed E-state index contributed by atoms with van der Waals surface area (Å²) in [5.41, 5.74) is 13.8. The minimum atomic E-state index is -0.264. The maximum absolute atomic E-state index is 7.03. The normalized spacial score (nSPS) is 13.8. The number of benzene rings is 7. The molecule has 1 aliphatic heterocycles. The van der Waals surface area contributed by atoms with Crippen LogP contribution in [0.5, 0.6) is 11.5 Å². The molecular weight excluding hydrogens is 1120 g/mol. The van der Waals surface area contributed by atoms with Gasteiger partial charge in [-0.2, -0.15) is 6.07 Å². The van der Waals surface area contributed by atoms with Crippen LogP contribution in [0.3, 0.4) is 0 Å². The molecule has 7 aromatic carbocycles. The van der Waals surface area contributed by atoms with Crippen LogP contribution in [-0.4, -0.2) is 9.55 Å². The monoisotopic (exact) mass is 1190 g/mol. The Labute approximate surface area is 474 Å². The predicted molar refractivity (Wildman–Crippen MR) is 319 cm³/mol. The number of rotatable bonds is 11. The summed E-state index contributed by atoms with van der Waals surface area (Å²) in [5, 5.41) is 2.23. The van der Waals surface area contributed by atoms with Crippen molar-refractivity contribution in [3.63, 3.8) is 0 Å². The number of hydrogen-bond acceptors (Lipinski definition) is 4. The third kappa shape index (κ3) is 10.7. The van der Waals surface area contributed by atoms with Crippen molar-refractivity contribution in [2.24, 2.45) is 5.41 Å². The zero-order valence-electron chi connectivity index (χ0n) is 47.8. The first-order valence-electron chi connectivity index (χ1n) is 27.0. The van der Waals surface area contributed by atoms with E-state index in [2.05, 4.69) is 307 Å². The minimum Gasteiger partial charge on any atom is -0.509 e. The maximum atomic E-state index is 7.03. The zero-order chi connectivity index (χ0) is 54.2. The van der Waals surface area contributed by atoms with Crippen molar-refractivity contribution >= 4 is 33.2 Å². The molecule has 9 aromatic rings. The quantitative estimate of drug-likeness (QED) is 0.121. The van der Waals surface area contributed by atoms with E-state index in [0.29, 0.717) is 11.5 Å². The van der Waals surface area contributed by atoms with E-state index >= 15 is 0 Å². The fourth-order valence-electron chi connectivity index (χ4n) is 10.7. The van der Waals surface area contributed by atoms with Gasteiger partial charge in [-0.3, -0.25) is 0 Å². The van der Waals surface area contributed by atoms with Crippen LogP contribution in [0.4, 0.5) is 11.4 Å². The first-order chi connectivity index (χ1) is 35.8. The van der Waals surface area contributed by atoms with Gasteiger partial charge in [-0.15, -0.1) is 53.6 Å². The second-order valence-electron chi connectivity index (χ2n) is 25.7. The van der Waals surface area contributed by atoms with Crippen molar-refractivity contribution in [2.75, 3.05) is 9.80 Å². The molecule has 10 rings (SSSR count). The van der Waals surface area contributed by atoms with E-state index in [1.807, 2.05) is 6.20 Å². The van der Waals surface area contributed by atoms with Crippen molar-refractivity contribution in [3.05, 3.63) is 245 Å². The molecule has 0 unspecified atom stereocenters. The third-order valence-corrected chi connectivity index (χ3v) is 16.1. The van der Waals surface area contributed by atoms with Gasteiger partial charge in [-0.1, -0.05) is 219 Å². The smallest absolute Gasteiger partial charge is 0.135 e. The largest absolute Gasteiger partial charge is 0.509 e. The van der Waals surface area contributed by atoms with Crippen LogP contribution in [-0.2, 0) is 48.1 Å². The Balaban J connectivity index is 0.00000722. The topological polar surface area (TPSA) is 33.5 Å². The van der Waals surface area contributed by atoms with E-state index in [1.165, 1.54) is 38.9 Å². The van der Waals surface area contributed by atoms with Crippen LogP contribution in [0.25, 0.3) is 27.6 Å². The van der Waals surface area contributed by atoms with E-state index in [0.717, 1.165) is 50.3 Å². The summed E-state index contributed by atoms with van der Waals surface area (Å²) in [5.74, 6) is 2.07. The van der Waals surface area contributed by atoms with E-state index in [1.54, 1.807) is 0 Å². The van der Waals surface area contributed by atoms with Crippen molar-refractivity contribution in [1.29, 1.82) is 0 Å². The Bertz CT molecular complexity index is 3550. The first-order valence-corrected chi connectivity index (χ1v) is 27.0. The molecule has 0 bridgehead atoms. The third-order valence-electron chi connectivity index (χ3n) is 16.1. The molecule has 0 aliphatic carbocycles. The fourth-order valence-corrected chi connectivity index (χ4v) is 10.7. The summed E-state index contributed by atoms with van der Waals surface area (Å²) < 4.78 is 9.28. The van der Waals surface area contributed by atoms with Crippen LogP contribution in [0.15, 0.2) is 182 Å². The van der Waals surface area contributed by atoms with Crippen LogP contribution < -0.4 is 14.5 Å². The maximum Gasteiger partial charge on any atom is 0.135 e. The van der Waals surface area contributed by atoms with E-state index in [9.17, 15) is 0 Å². The number of pyridine rings is 1. The number of hydrogen-bond donors (Lipinski definition) is 0. The van der Waals surface area contributed by atoms with Crippen molar-refractivity contribution < 1.29 is 25.8 Å². The molecule has 2 aromatic heterocycles. The summed E-state index contributed by atoms with van der Waals surface area (Å²) in [7, 11) is 0. The van der Waals surface area contributed by atoms with Crippen molar-refractivity contribution in [3.8, 4) is 17.3 Å². The Morgan fingerprint density at radius 2 is 0.987 bits per heavy atom. The number of anilines is 2. The molecule has 77 heavy (non-hydrogen) atoms. The molecule has 3 heterocycles. The standard InChI is InChI=1S/C71H75N4O.Pt/c1-66(2,3)51-35-36-72-65(43-51)75-62-34-31-52(69(10,11)48-25-19-16-20-26-48)42-61(62)60-33-32-58(45-63(60)75)76-59-41-53(67(4,5)6)38-57(44-59)74-47-73(46-64(74)68(7,8)9)56-39-54(70(12,13)49-27-21-17-22-28-49)37-55(40-56)71(14,15)50-29-23-18-24-30-50;/h16-43,46-47H,1-15H3;/q-3;. The number of nitrogens with zero attached hydrogens (tertiary/aromatic N) is 4. The molecule has 0 fully saturated rings. The molecule has 398 valence electrons. The van der Waals surface area contributed by atoms with Crippen LogP contribution >= 0.6 is 0 Å². The fraction of sp³-hybridized carbons (Fsp3) is 0.296.